The summed E-state index contributed by atoms with van der Waals surface area (Å²) in [6, 6.07) is 13.8. The van der Waals surface area contributed by atoms with Crippen LogP contribution in [0.1, 0.15) is 28.4 Å². The summed E-state index contributed by atoms with van der Waals surface area (Å²) in [6.45, 7) is 2.63. The van der Waals surface area contributed by atoms with E-state index in [2.05, 4.69) is 10.3 Å². The van der Waals surface area contributed by atoms with Crippen molar-refractivity contribution in [3.8, 4) is 5.75 Å². The van der Waals surface area contributed by atoms with Crippen LogP contribution in [0.5, 0.6) is 5.75 Å². The number of nitrogens with zero attached hydrogens (tertiary/aromatic N) is 2. The molecule has 0 aliphatic carbocycles. The highest BCUT2D eigenvalue weighted by Gasteiger charge is 2.13. The molecule has 0 unspecified atom stereocenters. The average Bonchev–Trinajstić information content (AvgIpc) is 2.81. The average molecular weight is 449 g/mol. The van der Waals surface area contributed by atoms with E-state index < -0.39 is 23.1 Å². The number of carbonyl (C=O) groups excluding carboxylic acids is 1. The molecule has 0 radical (unpaired) electrons. The Morgan fingerprint density at radius 1 is 1.06 bits per heavy atom. The number of ether oxygens (including phenoxy) is 1. The van der Waals surface area contributed by atoms with Crippen molar-refractivity contribution in [3.05, 3.63) is 106 Å². The lowest BCUT2D eigenvalue weighted by Gasteiger charge is -2.11. The zero-order chi connectivity index (χ0) is 23.4. The smallest absolute Gasteiger partial charge is 0.263 e. The number of nitrogens with one attached hydrogen (secondary N) is 1. The van der Waals surface area contributed by atoms with Crippen molar-refractivity contribution in [3.63, 3.8) is 0 Å². The van der Waals surface area contributed by atoms with Crippen LogP contribution in [-0.2, 0) is 13.1 Å². The number of hydrogen-bond acceptors (Lipinski definition) is 4. The molecule has 0 atom stereocenters. The van der Waals surface area contributed by atoms with Crippen LogP contribution in [0.15, 0.2) is 71.8 Å². The highest BCUT2D eigenvalue weighted by Crippen LogP contribution is 2.25. The molecule has 4 aromatic rings. The second-order valence-corrected chi connectivity index (χ2v) is 7.38. The number of amides is 1. The van der Waals surface area contributed by atoms with E-state index in [-0.39, 0.29) is 18.7 Å². The molecular weight excluding hydrogens is 428 g/mol. The summed E-state index contributed by atoms with van der Waals surface area (Å²) in [6.07, 6.45) is 3.17. The lowest BCUT2D eigenvalue weighted by Crippen LogP contribution is -2.32. The van der Waals surface area contributed by atoms with Gasteiger partial charge in [-0.15, -0.1) is 0 Å². The normalized spacial score (nSPS) is 10.9. The number of halogens is 2. The molecular formula is C25H21F2N3O3. The first-order valence-corrected chi connectivity index (χ1v) is 10.4. The second-order valence-electron chi connectivity index (χ2n) is 7.38. The Kier molecular flexibility index (Phi) is 6.44. The fourth-order valence-corrected chi connectivity index (χ4v) is 3.51. The van der Waals surface area contributed by atoms with Crippen molar-refractivity contribution in [2.75, 3.05) is 6.61 Å². The molecule has 0 fully saturated rings. The van der Waals surface area contributed by atoms with E-state index in [9.17, 15) is 18.4 Å². The minimum absolute atomic E-state index is 0.00896. The van der Waals surface area contributed by atoms with Crippen LogP contribution >= 0.6 is 0 Å². The first-order valence-electron chi connectivity index (χ1n) is 10.4. The van der Waals surface area contributed by atoms with E-state index in [0.717, 1.165) is 28.6 Å². The summed E-state index contributed by atoms with van der Waals surface area (Å²) in [4.78, 5) is 29.8. The van der Waals surface area contributed by atoms with Gasteiger partial charge in [-0.3, -0.25) is 14.6 Å². The van der Waals surface area contributed by atoms with Crippen molar-refractivity contribution in [1.82, 2.24) is 14.9 Å². The Labute approximate surface area is 188 Å². The van der Waals surface area contributed by atoms with E-state index >= 15 is 0 Å². The fraction of sp³-hybridized carbons (Fsp3) is 0.160. The predicted molar refractivity (Wildman–Crippen MR) is 120 cm³/mol. The quantitative estimate of drug-likeness (QED) is 0.462. The molecule has 6 nitrogen and oxygen atoms in total. The van der Waals surface area contributed by atoms with Crippen LogP contribution in [0.25, 0.3) is 10.9 Å². The number of aromatic nitrogens is 2. The summed E-state index contributed by atoms with van der Waals surface area (Å²) >= 11 is 0. The zero-order valence-electron chi connectivity index (χ0n) is 17.8. The lowest BCUT2D eigenvalue weighted by molar-refractivity contribution is 0.0949. The number of carbonyl (C=O) groups is 1. The number of fused-ring (bicyclic) bond motifs is 1. The zero-order valence-corrected chi connectivity index (χ0v) is 17.8. The highest BCUT2D eigenvalue weighted by atomic mass is 19.2. The molecule has 1 amide bonds. The molecule has 2 aromatic carbocycles. The molecule has 1 N–H and O–H groups in total. The molecule has 4 rings (SSSR count). The first kappa shape index (κ1) is 22.1. The molecule has 0 spiro atoms. The summed E-state index contributed by atoms with van der Waals surface area (Å²) in [5, 5.41) is 3.59. The van der Waals surface area contributed by atoms with Gasteiger partial charge in [-0.1, -0.05) is 12.1 Å². The first-order chi connectivity index (χ1) is 16.0. The summed E-state index contributed by atoms with van der Waals surface area (Å²) in [5.41, 5.74) is 1.43. The van der Waals surface area contributed by atoms with Gasteiger partial charge in [-0.25, -0.2) is 8.78 Å². The number of benzene rings is 2. The Balaban J connectivity index is 1.51. The maximum Gasteiger partial charge on any atom is 0.263 e. The lowest BCUT2D eigenvalue weighted by atomic mass is 10.1. The Bertz CT molecular complexity index is 1390. The van der Waals surface area contributed by atoms with E-state index in [1.807, 2.05) is 25.1 Å². The second kappa shape index (κ2) is 9.60. The van der Waals surface area contributed by atoms with E-state index in [4.69, 9.17) is 4.74 Å². The molecule has 0 saturated carbocycles. The van der Waals surface area contributed by atoms with Crippen molar-refractivity contribution in [2.24, 2.45) is 0 Å². The molecule has 0 aliphatic rings. The molecule has 2 heterocycles. The standard InChI is InChI=1S/C25H21F2N3O3/c1-2-33-23-9-10-28-22-8-6-16(12-19(22)23)14-29-24(31)18-4-3-11-30(25(18)32)15-17-5-7-20(26)21(27)13-17/h3-13H,2,14-15H2,1H3,(H,29,31). The van der Waals surface area contributed by atoms with Gasteiger partial charge in [0.2, 0.25) is 0 Å². The number of pyridine rings is 2. The number of rotatable bonds is 7. The third kappa shape index (κ3) is 4.90. The van der Waals surface area contributed by atoms with Crippen LogP contribution in [-0.4, -0.2) is 22.1 Å². The molecule has 0 bridgehead atoms. The van der Waals surface area contributed by atoms with E-state index in [0.29, 0.717) is 17.9 Å². The predicted octanol–water partition coefficient (Wildman–Crippen LogP) is 4.05. The van der Waals surface area contributed by atoms with E-state index in [1.165, 1.54) is 22.9 Å². The summed E-state index contributed by atoms with van der Waals surface area (Å²) in [5.74, 6) is -1.78. The highest BCUT2D eigenvalue weighted by molar-refractivity contribution is 5.93. The third-order valence-corrected chi connectivity index (χ3v) is 5.12. The van der Waals surface area contributed by atoms with Crippen molar-refractivity contribution < 1.29 is 18.3 Å². The molecule has 2 aromatic heterocycles. The van der Waals surface area contributed by atoms with Crippen LogP contribution in [0.4, 0.5) is 8.78 Å². The van der Waals surface area contributed by atoms with Gasteiger partial charge in [0.05, 0.1) is 18.7 Å². The van der Waals surface area contributed by atoms with Gasteiger partial charge < -0.3 is 14.6 Å². The van der Waals surface area contributed by atoms with Gasteiger partial charge in [-0.05, 0) is 60.5 Å². The largest absolute Gasteiger partial charge is 0.493 e. The molecule has 33 heavy (non-hydrogen) atoms. The molecule has 168 valence electrons. The van der Waals surface area contributed by atoms with Crippen LogP contribution < -0.4 is 15.6 Å². The van der Waals surface area contributed by atoms with Gasteiger partial charge in [0, 0.05) is 24.3 Å². The Morgan fingerprint density at radius 3 is 2.67 bits per heavy atom. The van der Waals surface area contributed by atoms with E-state index in [1.54, 1.807) is 18.3 Å². The van der Waals surface area contributed by atoms with Gasteiger partial charge >= 0.3 is 0 Å². The van der Waals surface area contributed by atoms with Crippen LogP contribution in [0, 0.1) is 11.6 Å². The summed E-state index contributed by atoms with van der Waals surface area (Å²) in [7, 11) is 0. The Hall–Kier alpha value is -4.07. The van der Waals surface area contributed by atoms with Crippen molar-refractivity contribution >= 4 is 16.8 Å². The maximum atomic E-state index is 13.5. The van der Waals surface area contributed by atoms with Gasteiger partial charge in [-0.2, -0.15) is 0 Å². The topological polar surface area (TPSA) is 73.2 Å². The summed E-state index contributed by atoms with van der Waals surface area (Å²) < 4.78 is 33.6. The number of hydrogen-bond donors (Lipinski definition) is 1. The van der Waals surface area contributed by atoms with Gasteiger partial charge in [0.1, 0.15) is 11.3 Å². The van der Waals surface area contributed by atoms with Crippen LogP contribution in [0.3, 0.4) is 0 Å². The third-order valence-electron chi connectivity index (χ3n) is 5.12. The van der Waals surface area contributed by atoms with Crippen molar-refractivity contribution in [2.45, 2.75) is 20.0 Å². The van der Waals surface area contributed by atoms with Crippen molar-refractivity contribution in [1.29, 1.82) is 0 Å². The van der Waals surface area contributed by atoms with Gasteiger partial charge in [0.15, 0.2) is 11.6 Å². The minimum Gasteiger partial charge on any atom is -0.493 e. The van der Waals surface area contributed by atoms with Crippen LogP contribution in [0.2, 0.25) is 0 Å². The van der Waals surface area contributed by atoms with Gasteiger partial charge in [0.25, 0.3) is 11.5 Å². The SMILES string of the molecule is CCOc1ccnc2ccc(CNC(=O)c3cccn(Cc4ccc(F)c(F)c4)c3=O)cc12. The minimum atomic E-state index is -0.993. The molecule has 8 heteroatoms. The Morgan fingerprint density at radius 2 is 1.88 bits per heavy atom. The fourth-order valence-electron chi connectivity index (χ4n) is 3.51. The molecule has 0 aliphatic heterocycles. The monoisotopic (exact) mass is 449 g/mol. The maximum absolute atomic E-state index is 13.5. The molecule has 0 saturated heterocycles.